The van der Waals surface area contributed by atoms with Crippen LogP contribution in [0.1, 0.15) is 0 Å². The number of para-hydroxylation sites is 2. The third-order valence-corrected chi connectivity index (χ3v) is 2.39. The number of hydrogen-bond donors (Lipinski definition) is 0. The van der Waals surface area contributed by atoms with Gasteiger partial charge in [-0.2, -0.15) is 0 Å². The maximum absolute atomic E-state index is 8.39. The normalized spacial score (nSPS) is 9.76. The monoisotopic (exact) mass is 473 g/mol. The fourth-order valence-corrected chi connectivity index (χ4v) is 1.42. The van der Waals surface area contributed by atoms with Gasteiger partial charge in [0, 0.05) is 12.1 Å². The van der Waals surface area contributed by atoms with Gasteiger partial charge >= 0.3 is 61.0 Å². The van der Waals surface area contributed by atoms with Crippen LogP contribution < -0.4 is 9.47 Å². The average molecular weight is 476 g/mol. The van der Waals surface area contributed by atoms with E-state index in [1.54, 1.807) is 36.4 Å². The quantitative estimate of drug-likeness (QED) is 0.342. The maximum atomic E-state index is 8.39. The van der Waals surface area contributed by atoms with Crippen LogP contribution in [0.5, 0.6) is 11.5 Å². The summed E-state index contributed by atoms with van der Waals surface area (Å²) in [5, 5.41) is 16.8. The van der Waals surface area contributed by atoms with Gasteiger partial charge < -0.3 is 9.47 Å². The zero-order chi connectivity index (χ0) is 19.3. The van der Waals surface area contributed by atoms with Crippen LogP contribution in [0.4, 0.5) is 11.4 Å². The Morgan fingerprint density at radius 2 is 1.00 bits per heavy atom. The van der Waals surface area contributed by atoms with Crippen molar-refractivity contribution in [3.8, 4) is 11.5 Å². The summed E-state index contributed by atoms with van der Waals surface area (Å²) in [4.78, 5) is 6.03. The van der Waals surface area contributed by atoms with Gasteiger partial charge in [-0.1, -0.05) is 24.3 Å². The molecule has 0 amide bonds. The summed E-state index contributed by atoms with van der Waals surface area (Å²) in [5.74, 6) is 1.15. The van der Waals surface area contributed by atoms with Gasteiger partial charge in [0.1, 0.15) is 0 Å². The second-order valence-electron chi connectivity index (χ2n) is 3.80. The van der Waals surface area contributed by atoms with Crippen LogP contribution in [0, 0.1) is 10.8 Å². The Morgan fingerprint density at radius 3 is 1.20 bits per heavy atom. The van der Waals surface area contributed by atoms with Gasteiger partial charge in [-0.05, 0) is 12.1 Å². The zero-order valence-electron chi connectivity index (χ0n) is 13.0. The number of rotatable bonds is 2. The van der Waals surface area contributed by atoms with Gasteiger partial charge in [0.05, 0.1) is 14.2 Å². The van der Waals surface area contributed by atoms with E-state index in [0.717, 1.165) is 0 Å². The molecule has 0 fully saturated rings. The fraction of sp³-hybridized carbons (Fsp3) is 0.143. The van der Waals surface area contributed by atoms with Crippen molar-refractivity contribution in [3.63, 3.8) is 0 Å². The standard InChI is InChI=1S/2C7H7N2O.4ClH.Cu/c2*1-10-7-5-3-2-4-6(7)9-8;;;;;/h2*2-5H,1H3;4*1H;/q2*+1;;;;;+2/p-4. The van der Waals surface area contributed by atoms with Crippen LogP contribution in [-0.2, 0) is 9.20 Å². The number of halogens is 4. The Labute approximate surface area is 164 Å². The average Bonchev–Trinajstić information content (AvgIpc) is 2.60. The molecule has 11 heteroatoms. The number of hydrogen-bond acceptors (Lipinski definition) is 4. The van der Waals surface area contributed by atoms with E-state index in [9.17, 15) is 0 Å². The molecule has 0 radical (unpaired) electrons. The number of ether oxygens (including phenoxy) is 2. The van der Waals surface area contributed by atoms with Gasteiger partial charge in [0.25, 0.3) is 0 Å². The number of diazo groups is 2. The first-order valence-corrected chi connectivity index (χ1v) is 11.4. The van der Waals surface area contributed by atoms with Gasteiger partial charge in [0.2, 0.25) is 22.3 Å². The summed E-state index contributed by atoms with van der Waals surface area (Å²) in [5.41, 5.74) is 0.898. The van der Waals surface area contributed by atoms with E-state index >= 15 is 0 Å². The van der Waals surface area contributed by atoms with Gasteiger partial charge in [-0.25, -0.2) is 0 Å². The molecule has 0 N–H and O–H groups in total. The summed E-state index contributed by atoms with van der Waals surface area (Å²) in [6.07, 6.45) is 0. The third kappa shape index (κ3) is 11.7. The van der Waals surface area contributed by atoms with E-state index in [4.69, 9.17) is 60.7 Å². The van der Waals surface area contributed by atoms with Crippen molar-refractivity contribution >= 4 is 51.8 Å². The first-order valence-electron chi connectivity index (χ1n) is 6.18. The second kappa shape index (κ2) is 12.9. The first-order chi connectivity index (χ1) is 11.8. The number of methoxy groups -OCH3 is 2. The van der Waals surface area contributed by atoms with Crippen LogP contribution in [0.15, 0.2) is 48.5 Å². The molecule has 6 nitrogen and oxygen atoms in total. The van der Waals surface area contributed by atoms with Crippen molar-refractivity contribution in [1.29, 1.82) is 10.8 Å². The number of nitrogens with zero attached hydrogens (tertiary/aromatic N) is 4. The van der Waals surface area contributed by atoms with Crippen LogP contribution in [0.2, 0.25) is 0 Å². The molecular weight excluding hydrogens is 462 g/mol. The zero-order valence-corrected chi connectivity index (χ0v) is 17.0. The molecular formula is C14H14Cl4CuN4O2. The molecule has 2 aromatic carbocycles. The molecule has 0 unspecified atom stereocenters. The summed E-state index contributed by atoms with van der Waals surface area (Å²) < 4.78 is 9.76. The molecule has 0 aliphatic heterocycles. The molecule has 25 heavy (non-hydrogen) atoms. The predicted molar refractivity (Wildman–Crippen MR) is 98.9 cm³/mol. The van der Waals surface area contributed by atoms with E-state index in [0.29, 0.717) is 22.9 Å². The molecule has 141 valence electrons. The molecule has 0 aliphatic carbocycles. The molecule has 0 bridgehead atoms. The summed E-state index contributed by atoms with van der Waals surface area (Å²) in [7, 11) is 20.4. The first kappa shape index (κ1) is 23.6. The van der Waals surface area contributed by atoms with Gasteiger partial charge in [-0.15, -0.1) is 0 Å². The van der Waals surface area contributed by atoms with Crippen LogP contribution in [-0.4, -0.2) is 14.2 Å². The topological polar surface area (TPSA) is 74.8 Å². The molecule has 0 saturated carbocycles. The van der Waals surface area contributed by atoms with Gasteiger partial charge in [-0.3, -0.25) is 0 Å². The molecule has 0 aromatic heterocycles. The summed E-state index contributed by atoms with van der Waals surface area (Å²) in [6, 6.07) is 14.0. The molecule has 0 spiro atoms. The Hall–Kier alpha value is -1.44. The van der Waals surface area contributed by atoms with Crippen molar-refractivity contribution in [1.82, 2.24) is 0 Å². The van der Waals surface area contributed by atoms with Crippen LogP contribution in [0.25, 0.3) is 9.95 Å². The third-order valence-electron chi connectivity index (χ3n) is 2.39. The van der Waals surface area contributed by atoms with Crippen LogP contribution >= 0.6 is 40.4 Å². The molecule has 2 rings (SSSR count). The van der Waals surface area contributed by atoms with E-state index in [1.807, 2.05) is 12.1 Å². The van der Waals surface area contributed by atoms with Gasteiger partial charge in [0.15, 0.2) is 9.95 Å². The Kier molecular flexibility index (Phi) is 12.1. The molecule has 0 atom stereocenters. The minimum absolute atomic E-state index is 0.449. The van der Waals surface area contributed by atoms with Crippen molar-refractivity contribution in [2.45, 2.75) is 0 Å². The summed E-state index contributed by atoms with van der Waals surface area (Å²) >= 11 is 0. The molecule has 0 heterocycles. The second-order valence-corrected chi connectivity index (χ2v) is 13.1. The van der Waals surface area contributed by atoms with E-state index in [-0.39, 0.29) is 0 Å². The molecule has 0 aliphatic rings. The Balaban J connectivity index is 0.000000368. The minimum atomic E-state index is -2.24. The number of benzene rings is 2. The van der Waals surface area contributed by atoms with Crippen molar-refractivity contribution in [2.75, 3.05) is 14.2 Å². The van der Waals surface area contributed by atoms with Crippen molar-refractivity contribution in [2.24, 2.45) is 0 Å². The molecule has 2 aromatic rings. The van der Waals surface area contributed by atoms with E-state index in [1.165, 1.54) is 14.2 Å². The van der Waals surface area contributed by atoms with E-state index < -0.39 is 9.20 Å². The Morgan fingerprint density at radius 1 is 0.720 bits per heavy atom. The fourth-order valence-electron chi connectivity index (χ4n) is 1.42. The van der Waals surface area contributed by atoms with Crippen molar-refractivity contribution < 1.29 is 18.7 Å². The SMILES string of the molecule is COc1ccccc1[N+]#N.COc1ccccc1[N+]#N.[Cl][Cu-2]([Cl])([Cl])[Cl]. The predicted octanol–water partition coefficient (Wildman–Crippen LogP) is 7.12. The Bertz CT molecular complexity index is 681. The molecule has 0 saturated heterocycles. The van der Waals surface area contributed by atoms with E-state index in [2.05, 4.69) is 9.95 Å². The summed E-state index contributed by atoms with van der Waals surface area (Å²) in [6.45, 7) is 0. The van der Waals surface area contributed by atoms with Crippen molar-refractivity contribution in [3.05, 3.63) is 58.5 Å². The van der Waals surface area contributed by atoms with Crippen LogP contribution in [0.3, 0.4) is 0 Å².